The zero-order chi connectivity index (χ0) is 10.6. The Bertz CT molecular complexity index is 363. The number of benzene rings is 1. The zero-order valence-electron chi connectivity index (χ0n) is 7.50. The minimum Gasteiger partial charge on any atom is -0.490 e. The molecule has 74 valence electrons. The van der Waals surface area contributed by atoms with Gasteiger partial charge >= 0.3 is 0 Å². The van der Waals surface area contributed by atoms with Crippen LogP contribution in [0.25, 0.3) is 0 Å². The van der Waals surface area contributed by atoms with Crippen molar-refractivity contribution in [3.63, 3.8) is 0 Å². The summed E-state index contributed by atoms with van der Waals surface area (Å²) in [5, 5.41) is 0. The number of amides is 1. The lowest BCUT2D eigenvalue weighted by Crippen LogP contribution is -2.11. The summed E-state index contributed by atoms with van der Waals surface area (Å²) in [7, 11) is 0. The van der Waals surface area contributed by atoms with Crippen LogP contribution in [0.2, 0.25) is 0 Å². The number of hydrogen-bond acceptors (Lipinski definition) is 2. The van der Waals surface area contributed by atoms with Gasteiger partial charge in [-0.2, -0.15) is 0 Å². The first-order valence-electron chi connectivity index (χ1n) is 3.98. The molecule has 0 aliphatic heterocycles. The van der Waals surface area contributed by atoms with Crippen molar-refractivity contribution in [3.05, 3.63) is 40.9 Å². The fourth-order valence-corrected chi connectivity index (χ4v) is 1.38. The third-order valence-electron chi connectivity index (χ3n) is 1.57. The maximum absolute atomic E-state index is 11.0. The van der Waals surface area contributed by atoms with E-state index in [0.29, 0.717) is 22.4 Å². The van der Waals surface area contributed by atoms with E-state index in [1.165, 1.54) is 0 Å². The second-order valence-corrected chi connectivity index (χ2v) is 3.46. The van der Waals surface area contributed by atoms with Crippen molar-refractivity contribution in [1.29, 1.82) is 0 Å². The van der Waals surface area contributed by atoms with Gasteiger partial charge in [0.2, 0.25) is 5.91 Å². The number of halogens is 1. The van der Waals surface area contributed by atoms with Gasteiger partial charge in [-0.3, -0.25) is 4.79 Å². The fraction of sp³-hybridized carbons (Fsp3) is 0.100. The minimum atomic E-state index is -0.485. The molecule has 0 saturated heterocycles. The molecule has 4 heteroatoms. The third kappa shape index (κ3) is 2.60. The van der Waals surface area contributed by atoms with Crippen molar-refractivity contribution in [2.75, 3.05) is 6.61 Å². The topological polar surface area (TPSA) is 52.3 Å². The molecule has 3 nitrogen and oxygen atoms in total. The van der Waals surface area contributed by atoms with Gasteiger partial charge in [0.25, 0.3) is 0 Å². The van der Waals surface area contributed by atoms with Gasteiger partial charge in [-0.1, -0.05) is 12.7 Å². The lowest BCUT2D eigenvalue weighted by Gasteiger charge is -2.05. The first-order chi connectivity index (χ1) is 6.65. The number of carbonyl (C=O) groups is 1. The van der Waals surface area contributed by atoms with Crippen LogP contribution < -0.4 is 10.5 Å². The van der Waals surface area contributed by atoms with Gasteiger partial charge in [0.05, 0.1) is 5.56 Å². The second-order valence-electron chi connectivity index (χ2n) is 2.61. The second kappa shape index (κ2) is 4.81. The lowest BCUT2D eigenvalue weighted by molar-refractivity contribution is 0.0999. The van der Waals surface area contributed by atoms with Crippen molar-refractivity contribution in [1.82, 2.24) is 0 Å². The number of carbonyl (C=O) groups excluding carboxylic acids is 1. The van der Waals surface area contributed by atoms with Gasteiger partial charge in [0, 0.05) is 4.47 Å². The summed E-state index contributed by atoms with van der Waals surface area (Å²) in [4.78, 5) is 11.0. The quantitative estimate of drug-likeness (QED) is 0.839. The van der Waals surface area contributed by atoms with E-state index in [2.05, 4.69) is 22.5 Å². The molecule has 0 aromatic heterocycles. The van der Waals surface area contributed by atoms with Crippen LogP contribution in [0.15, 0.2) is 35.3 Å². The van der Waals surface area contributed by atoms with E-state index in [-0.39, 0.29) is 0 Å². The van der Waals surface area contributed by atoms with Crippen LogP contribution in [-0.2, 0) is 0 Å². The maximum Gasteiger partial charge on any atom is 0.249 e. The van der Waals surface area contributed by atoms with Crippen molar-refractivity contribution < 1.29 is 9.53 Å². The van der Waals surface area contributed by atoms with E-state index < -0.39 is 5.91 Å². The Balaban J connectivity index is 2.94. The average molecular weight is 256 g/mol. The summed E-state index contributed by atoms with van der Waals surface area (Å²) in [5.74, 6) is 0.114. The molecular formula is C10H10BrNO2. The number of primary amides is 1. The number of ether oxygens (including phenoxy) is 1. The van der Waals surface area contributed by atoms with E-state index in [1.54, 1.807) is 24.3 Å². The predicted molar refractivity (Wildman–Crippen MR) is 58.4 cm³/mol. The first kappa shape index (κ1) is 10.8. The normalized spacial score (nSPS) is 9.50. The van der Waals surface area contributed by atoms with Gasteiger partial charge < -0.3 is 10.5 Å². The molecule has 0 atom stereocenters. The predicted octanol–water partition coefficient (Wildman–Crippen LogP) is 2.11. The third-order valence-corrected chi connectivity index (χ3v) is 2.26. The molecule has 14 heavy (non-hydrogen) atoms. The highest BCUT2D eigenvalue weighted by Crippen LogP contribution is 2.22. The summed E-state index contributed by atoms with van der Waals surface area (Å²) < 4.78 is 5.92. The molecule has 0 unspecified atom stereocenters. The van der Waals surface area contributed by atoms with Crippen LogP contribution in [0.3, 0.4) is 0 Å². The van der Waals surface area contributed by atoms with Gasteiger partial charge in [-0.05, 0) is 34.1 Å². The zero-order valence-corrected chi connectivity index (χ0v) is 9.08. The number of hydrogen-bond donors (Lipinski definition) is 1. The number of rotatable bonds is 4. The molecule has 1 rings (SSSR count). The van der Waals surface area contributed by atoms with Crippen LogP contribution in [0.4, 0.5) is 0 Å². The Kier molecular flexibility index (Phi) is 3.71. The highest BCUT2D eigenvalue weighted by Gasteiger charge is 2.07. The molecule has 1 amide bonds. The minimum absolute atomic E-state index is 0.403. The van der Waals surface area contributed by atoms with Crippen molar-refractivity contribution in [2.24, 2.45) is 5.73 Å². The van der Waals surface area contributed by atoms with Crippen LogP contribution >= 0.6 is 15.9 Å². The van der Waals surface area contributed by atoms with E-state index in [0.717, 1.165) is 0 Å². The summed E-state index contributed by atoms with van der Waals surface area (Å²) in [6, 6.07) is 5.06. The molecule has 0 bridgehead atoms. The molecule has 0 heterocycles. The molecule has 0 aliphatic rings. The average Bonchev–Trinajstić information content (AvgIpc) is 2.16. The monoisotopic (exact) mass is 255 g/mol. The van der Waals surface area contributed by atoms with E-state index in [4.69, 9.17) is 10.5 Å². The molecule has 1 aromatic rings. The summed E-state index contributed by atoms with van der Waals surface area (Å²) >= 11 is 3.22. The molecule has 1 aromatic carbocycles. The molecule has 0 saturated carbocycles. The Hall–Kier alpha value is -1.29. The van der Waals surface area contributed by atoms with E-state index >= 15 is 0 Å². The highest BCUT2D eigenvalue weighted by molar-refractivity contribution is 9.10. The molecule has 2 N–H and O–H groups in total. The maximum atomic E-state index is 11.0. The van der Waals surface area contributed by atoms with Crippen LogP contribution in [-0.4, -0.2) is 12.5 Å². The number of nitrogens with two attached hydrogens (primary N) is 1. The molecule has 0 aliphatic carbocycles. The van der Waals surface area contributed by atoms with Crippen LogP contribution in [0, 0.1) is 0 Å². The smallest absolute Gasteiger partial charge is 0.249 e. The Morgan fingerprint density at radius 1 is 1.64 bits per heavy atom. The van der Waals surface area contributed by atoms with Gasteiger partial charge in [-0.25, -0.2) is 0 Å². The van der Waals surface area contributed by atoms with Crippen molar-refractivity contribution >= 4 is 21.8 Å². The largest absolute Gasteiger partial charge is 0.490 e. The highest BCUT2D eigenvalue weighted by atomic mass is 79.9. The van der Waals surface area contributed by atoms with Gasteiger partial charge in [0.15, 0.2) is 0 Å². The van der Waals surface area contributed by atoms with E-state index in [1.807, 2.05) is 0 Å². The van der Waals surface area contributed by atoms with Gasteiger partial charge in [0.1, 0.15) is 12.4 Å². The standard InChI is InChI=1S/C10H10BrNO2/c1-2-5-14-7-3-4-9(11)8(6-7)10(12)13/h2-4,6H,1,5H2,(H2,12,13). The summed E-state index contributed by atoms with van der Waals surface area (Å²) in [6.07, 6.45) is 1.63. The van der Waals surface area contributed by atoms with Gasteiger partial charge in [-0.15, -0.1) is 0 Å². The van der Waals surface area contributed by atoms with E-state index in [9.17, 15) is 4.79 Å². The SMILES string of the molecule is C=CCOc1ccc(Br)c(C(N)=O)c1. The molecule has 0 spiro atoms. The van der Waals surface area contributed by atoms with Crippen LogP contribution in [0.1, 0.15) is 10.4 Å². The summed E-state index contributed by atoms with van der Waals surface area (Å²) in [5.41, 5.74) is 5.58. The summed E-state index contributed by atoms with van der Waals surface area (Å²) in [6.45, 7) is 3.93. The Morgan fingerprint density at radius 2 is 2.36 bits per heavy atom. The molecule has 0 radical (unpaired) electrons. The first-order valence-corrected chi connectivity index (χ1v) is 4.77. The molecular weight excluding hydrogens is 246 g/mol. The Morgan fingerprint density at radius 3 is 2.93 bits per heavy atom. The fourth-order valence-electron chi connectivity index (χ4n) is 0.938. The van der Waals surface area contributed by atoms with Crippen molar-refractivity contribution in [3.8, 4) is 5.75 Å². The van der Waals surface area contributed by atoms with Crippen LogP contribution in [0.5, 0.6) is 5.75 Å². The molecule has 0 fully saturated rings. The van der Waals surface area contributed by atoms with Crippen molar-refractivity contribution in [2.45, 2.75) is 0 Å². The lowest BCUT2D eigenvalue weighted by atomic mass is 10.2. The Labute approximate surface area is 90.7 Å².